The van der Waals surface area contributed by atoms with Crippen molar-refractivity contribution in [3.63, 3.8) is 0 Å². The molecule has 138 valence electrons. The van der Waals surface area contributed by atoms with Crippen LogP contribution in [0, 0.1) is 20.8 Å². The lowest BCUT2D eigenvalue weighted by atomic mass is 9.98. The molecule has 0 saturated carbocycles. The molecule has 1 aliphatic heterocycles. The second kappa shape index (κ2) is 7.70. The molecule has 1 aliphatic rings. The van der Waals surface area contributed by atoms with Crippen molar-refractivity contribution in [2.75, 3.05) is 38.2 Å². The van der Waals surface area contributed by atoms with E-state index in [1.165, 1.54) is 16.8 Å². The van der Waals surface area contributed by atoms with E-state index in [0.717, 1.165) is 47.5 Å². The highest BCUT2D eigenvalue weighted by Crippen LogP contribution is 2.27. The normalized spacial score (nSPS) is 14.5. The summed E-state index contributed by atoms with van der Waals surface area (Å²) in [6.07, 6.45) is 0. The third-order valence-corrected chi connectivity index (χ3v) is 6.22. The molecular weight excluding hydrogens is 392 g/mol. The van der Waals surface area contributed by atoms with Gasteiger partial charge < -0.3 is 14.5 Å². The zero-order valence-corrected chi connectivity index (χ0v) is 17.4. The molecule has 0 radical (unpaired) electrons. The summed E-state index contributed by atoms with van der Waals surface area (Å²) in [7, 11) is 1.67. The lowest BCUT2D eigenvalue weighted by Crippen LogP contribution is -2.49. The van der Waals surface area contributed by atoms with E-state index in [1.54, 1.807) is 7.11 Å². The van der Waals surface area contributed by atoms with Crippen LogP contribution in [0.4, 0.5) is 5.69 Å². The summed E-state index contributed by atoms with van der Waals surface area (Å²) in [5.74, 6) is 0.985. The summed E-state index contributed by atoms with van der Waals surface area (Å²) < 4.78 is 6.22. The smallest absolute Gasteiger partial charge is 0.254 e. The molecule has 2 aromatic carbocycles. The number of carbonyl (C=O) groups is 1. The number of hydrogen-bond donors (Lipinski definition) is 0. The van der Waals surface area contributed by atoms with Crippen molar-refractivity contribution in [3.05, 3.63) is 57.1 Å². The van der Waals surface area contributed by atoms with Crippen LogP contribution in [0.3, 0.4) is 0 Å². The van der Waals surface area contributed by atoms with E-state index in [2.05, 4.69) is 46.8 Å². The Bertz CT molecular complexity index is 810. The second-order valence-electron chi connectivity index (χ2n) is 6.76. The Balaban J connectivity index is 1.71. The van der Waals surface area contributed by atoms with E-state index in [1.807, 2.05) is 30.0 Å². The van der Waals surface area contributed by atoms with Crippen molar-refractivity contribution < 1.29 is 9.53 Å². The molecule has 0 atom stereocenters. The van der Waals surface area contributed by atoms with Gasteiger partial charge in [-0.05, 0) is 67.8 Å². The van der Waals surface area contributed by atoms with Gasteiger partial charge in [-0.15, -0.1) is 0 Å². The van der Waals surface area contributed by atoms with Gasteiger partial charge in [-0.3, -0.25) is 4.79 Å². The number of amides is 1. The first-order valence-electron chi connectivity index (χ1n) is 8.87. The molecule has 5 heteroatoms. The average molecular weight is 417 g/mol. The van der Waals surface area contributed by atoms with Gasteiger partial charge in [-0.25, -0.2) is 0 Å². The van der Waals surface area contributed by atoms with Crippen molar-refractivity contribution in [2.24, 2.45) is 0 Å². The lowest BCUT2D eigenvalue weighted by molar-refractivity contribution is 0.0746. The van der Waals surface area contributed by atoms with E-state index in [0.29, 0.717) is 0 Å². The van der Waals surface area contributed by atoms with Gasteiger partial charge in [0.05, 0.1) is 7.11 Å². The van der Waals surface area contributed by atoms with Gasteiger partial charge in [0.1, 0.15) is 5.75 Å². The van der Waals surface area contributed by atoms with Crippen LogP contribution in [0.25, 0.3) is 0 Å². The Kier molecular flexibility index (Phi) is 5.56. The third kappa shape index (κ3) is 3.58. The number of ether oxygens (including phenoxy) is 1. The van der Waals surface area contributed by atoms with Crippen LogP contribution in [0.15, 0.2) is 34.8 Å². The fraction of sp³-hybridized carbons (Fsp3) is 0.381. The molecule has 3 rings (SSSR count). The molecule has 0 unspecified atom stereocenters. The van der Waals surface area contributed by atoms with Crippen LogP contribution in [0.1, 0.15) is 27.0 Å². The first-order chi connectivity index (χ1) is 12.4. The maximum absolute atomic E-state index is 13.0. The monoisotopic (exact) mass is 416 g/mol. The van der Waals surface area contributed by atoms with E-state index in [9.17, 15) is 4.79 Å². The predicted molar refractivity (Wildman–Crippen MR) is 109 cm³/mol. The van der Waals surface area contributed by atoms with E-state index < -0.39 is 0 Å². The van der Waals surface area contributed by atoms with Crippen LogP contribution in [-0.2, 0) is 0 Å². The first kappa shape index (κ1) is 18.8. The van der Waals surface area contributed by atoms with Crippen LogP contribution >= 0.6 is 15.9 Å². The summed E-state index contributed by atoms with van der Waals surface area (Å²) in [4.78, 5) is 17.3. The molecule has 0 aliphatic carbocycles. The van der Waals surface area contributed by atoms with Crippen LogP contribution < -0.4 is 9.64 Å². The number of halogens is 1. The largest absolute Gasteiger partial charge is 0.497 e. The van der Waals surface area contributed by atoms with Crippen molar-refractivity contribution in [1.29, 1.82) is 0 Å². The highest BCUT2D eigenvalue weighted by molar-refractivity contribution is 9.10. The summed E-state index contributed by atoms with van der Waals surface area (Å²) in [5.41, 5.74) is 5.43. The minimum Gasteiger partial charge on any atom is -0.497 e. The Morgan fingerprint density at radius 3 is 2.15 bits per heavy atom. The average Bonchev–Trinajstić information content (AvgIpc) is 2.69. The summed E-state index contributed by atoms with van der Waals surface area (Å²) in [6, 6.07) is 10.1. The van der Waals surface area contributed by atoms with Crippen molar-refractivity contribution in [2.45, 2.75) is 20.8 Å². The number of benzene rings is 2. The maximum Gasteiger partial charge on any atom is 0.254 e. The fourth-order valence-corrected chi connectivity index (χ4v) is 3.89. The number of piperazine rings is 1. The van der Waals surface area contributed by atoms with Gasteiger partial charge in [0.2, 0.25) is 0 Å². The SMILES string of the molecule is COc1ccc(N2CCN(C(=O)c3cc(Br)c(C)c(C)c3C)CC2)cc1. The molecule has 1 heterocycles. The standard InChI is InChI=1S/C21H25BrN2O2/c1-14-15(2)19(13-20(22)16(14)3)21(25)24-11-9-23(10-12-24)17-5-7-18(26-4)8-6-17/h5-8,13H,9-12H2,1-4H3. The van der Waals surface area contributed by atoms with Gasteiger partial charge in [0.25, 0.3) is 5.91 Å². The first-order valence-corrected chi connectivity index (χ1v) is 9.66. The number of carbonyl (C=O) groups excluding carboxylic acids is 1. The fourth-order valence-electron chi connectivity index (χ4n) is 3.36. The summed E-state index contributed by atoms with van der Waals surface area (Å²) in [6.45, 7) is 9.33. The van der Waals surface area contributed by atoms with E-state index in [4.69, 9.17) is 4.74 Å². The van der Waals surface area contributed by atoms with Crippen LogP contribution in [0.5, 0.6) is 5.75 Å². The van der Waals surface area contributed by atoms with Gasteiger partial charge in [-0.2, -0.15) is 0 Å². The number of hydrogen-bond acceptors (Lipinski definition) is 3. The summed E-state index contributed by atoms with van der Waals surface area (Å²) in [5, 5.41) is 0. The number of methoxy groups -OCH3 is 1. The molecule has 0 spiro atoms. The number of rotatable bonds is 3. The molecule has 1 saturated heterocycles. The number of nitrogens with zero attached hydrogens (tertiary/aromatic N) is 2. The molecular formula is C21H25BrN2O2. The van der Waals surface area contributed by atoms with Gasteiger partial charge in [-0.1, -0.05) is 15.9 Å². The Morgan fingerprint density at radius 2 is 1.58 bits per heavy atom. The van der Waals surface area contributed by atoms with Crippen LogP contribution in [-0.4, -0.2) is 44.1 Å². The minimum atomic E-state index is 0.126. The molecule has 1 amide bonds. The molecule has 0 bridgehead atoms. The highest BCUT2D eigenvalue weighted by Gasteiger charge is 2.24. The molecule has 0 N–H and O–H groups in total. The quantitative estimate of drug-likeness (QED) is 0.745. The number of anilines is 1. The Hall–Kier alpha value is -2.01. The lowest BCUT2D eigenvalue weighted by Gasteiger charge is -2.36. The van der Waals surface area contributed by atoms with Gasteiger partial charge in [0.15, 0.2) is 0 Å². The van der Waals surface area contributed by atoms with Crippen molar-refractivity contribution in [3.8, 4) is 5.75 Å². The third-order valence-electron chi connectivity index (χ3n) is 5.39. The zero-order valence-electron chi connectivity index (χ0n) is 15.8. The maximum atomic E-state index is 13.0. The molecule has 1 fully saturated rings. The Labute approximate surface area is 163 Å². The zero-order chi connectivity index (χ0) is 18.8. The van der Waals surface area contributed by atoms with E-state index >= 15 is 0 Å². The highest BCUT2D eigenvalue weighted by atomic mass is 79.9. The topological polar surface area (TPSA) is 32.8 Å². The molecule has 0 aromatic heterocycles. The van der Waals surface area contributed by atoms with Crippen molar-refractivity contribution >= 4 is 27.5 Å². The Morgan fingerprint density at radius 1 is 0.962 bits per heavy atom. The molecule has 26 heavy (non-hydrogen) atoms. The van der Waals surface area contributed by atoms with Crippen LogP contribution in [0.2, 0.25) is 0 Å². The van der Waals surface area contributed by atoms with Gasteiger partial charge >= 0.3 is 0 Å². The molecule has 2 aromatic rings. The predicted octanol–water partition coefficient (Wildman–Crippen LogP) is 4.35. The molecule has 4 nitrogen and oxygen atoms in total. The summed E-state index contributed by atoms with van der Waals surface area (Å²) >= 11 is 3.59. The van der Waals surface area contributed by atoms with E-state index in [-0.39, 0.29) is 5.91 Å². The van der Waals surface area contributed by atoms with Crippen molar-refractivity contribution in [1.82, 2.24) is 4.90 Å². The minimum absolute atomic E-state index is 0.126. The second-order valence-corrected chi connectivity index (χ2v) is 7.61. The van der Waals surface area contributed by atoms with Gasteiger partial charge in [0, 0.05) is 41.9 Å².